The molecule has 22 heavy (non-hydrogen) atoms. The highest BCUT2D eigenvalue weighted by Gasteiger charge is 2.37. The first-order chi connectivity index (χ1) is 10.3. The lowest BCUT2D eigenvalue weighted by Gasteiger charge is -2.13. The molecule has 1 heterocycles. The minimum atomic E-state index is -4.87. The van der Waals surface area contributed by atoms with Gasteiger partial charge in [-0.15, -0.1) is 10.2 Å². The Hall–Kier alpha value is -2.48. The highest BCUT2D eigenvalue weighted by molar-refractivity contribution is 9.10. The van der Waals surface area contributed by atoms with Crippen molar-refractivity contribution in [2.45, 2.75) is 6.18 Å². The van der Waals surface area contributed by atoms with Gasteiger partial charge in [-0.05, 0) is 17.3 Å². The minimum absolute atomic E-state index is 0.0800. The summed E-state index contributed by atoms with van der Waals surface area (Å²) in [5, 5.41) is 23.6. The van der Waals surface area contributed by atoms with E-state index >= 15 is 0 Å². The molecule has 0 saturated heterocycles. The fourth-order valence-electron chi connectivity index (χ4n) is 1.50. The number of benzene rings is 1. The molecule has 0 fully saturated rings. The largest absolute Gasteiger partial charge is 0.420 e. The summed E-state index contributed by atoms with van der Waals surface area (Å²) in [6.45, 7) is 0. The number of aromatic amines is 1. The van der Waals surface area contributed by atoms with Crippen LogP contribution in [-0.4, -0.2) is 20.6 Å². The average Bonchev–Trinajstić information content (AvgIpc) is 2.94. The molecule has 0 saturated carbocycles. The molecule has 114 valence electrons. The third-order valence-corrected chi connectivity index (χ3v) is 3.11. The second-order valence-electron chi connectivity index (χ2n) is 3.83. The van der Waals surface area contributed by atoms with Gasteiger partial charge < -0.3 is 5.32 Å². The number of hydrogen-bond acceptors (Lipinski definition) is 5. The summed E-state index contributed by atoms with van der Waals surface area (Å²) >= 11 is 2.65. The van der Waals surface area contributed by atoms with E-state index in [2.05, 4.69) is 41.9 Å². The fraction of sp³-hybridized carbons (Fsp3) is 0.0909. The summed E-state index contributed by atoms with van der Waals surface area (Å²) in [5.74, 6) is -1.58. The normalized spacial score (nSPS) is 12.1. The number of allylic oxidation sites excluding steroid dienone is 1. The first-order valence-electron chi connectivity index (χ1n) is 5.50. The molecular formula is C11H5BrF4N6. The van der Waals surface area contributed by atoms with E-state index in [9.17, 15) is 17.6 Å². The number of hydrogen-bond donors (Lipinski definition) is 2. The van der Waals surface area contributed by atoms with Crippen molar-refractivity contribution in [2.24, 2.45) is 0 Å². The van der Waals surface area contributed by atoms with Gasteiger partial charge in [0.1, 0.15) is 17.2 Å². The highest BCUT2D eigenvalue weighted by atomic mass is 79.9. The zero-order chi connectivity index (χ0) is 16.3. The number of H-pyrrole nitrogens is 1. The van der Waals surface area contributed by atoms with Gasteiger partial charge >= 0.3 is 6.18 Å². The van der Waals surface area contributed by atoms with Crippen LogP contribution in [0.25, 0.3) is 5.57 Å². The minimum Gasteiger partial charge on any atom is -0.358 e. The van der Waals surface area contributed by atoms with E-state index in [-0.39, 0.29) is 11.4 Å². The molecular weight excluding hydrogens is 372 g/mol. The number of tetrazole rings is 1. The molecule has 1 aromatic carbocycles. The number of nitrogens with one attached hydrogen (secondary N) is 2. The van der Waals surface area contributed by atoms with Crippen molar-refractivity contribution < 1.29 is 17.6 Å². The average molecular weight is 377 g/mol. The lowest BCUT2D eigenvalue weighted by atomic mass is 10.1. The first-order valence-corrected chi connectivity index (χ1v) is 6.29. The fourth-order valence-corrected chi connectivity index (χ4v) is 2.03. The molecule has 0 unspecified atom stereocenters. The second kappa shape index (κ2) is 6.10. The maximum absolute atomic E-state index is 14.0. The predicted octanol–water partition coefficient (Wildman–Crippen LogP) is 3.10. The lowest BCUT2D eigenvalue weighted by molar-refractivity contribution is -0.140. The number of nitriles is 1. The Morgan fingerprint density at radius 3 is 2.68 bits per heavy atom. The van der Waals surface area contributed by atoms with Crippen LogP contribution in [0.3, 0.4) is 0 Å². The zero-order valence-corrected chi connectivity index (χ0v) is 12.0. The Balaban J connectivity index is 2.37. The van der Waals surface area contributed by atoms with E-state index < -0.39 is 27.7 Å². The van der Waals surface area contributed by atoms with E-state index in [1.165, 1.54) is 0 Å². The first kappa shape index (κ1) is 15.9. The maximum Gasteiger partial charge on any atom is 0.420 e. The number of nitrogens with zero attached hydrogens (tertiary/aromatic N) is 4. The molecule has 1 aromatic heterocycles. The van der Waals surface area contributed by atoms with Gasteiger partial charge in [-0.3, -0.25) is 0 Å². The molecule has 6 nitrogen and oxygen atoms in total. The molecule has 0 aliphatic carbocycles. The molecule has 0 spiro atoms. The second-order valence-corrected chi connectivity index (χ2v) is 4.69. The number of rotatable bonds is 3. The Kier molecular flexibility index (Phi) is 4.41. The van der Waals surface area contributed by atoms with Crippen molar-refractivity contribution in [1.82, 2.24) is 20.6 Å². The summed E-state index contributed by atoms with van der Waals surface area (Å²) in [6.07, 6.45) is -3.88. The summed E-state index contributed by atoms with van der Waals surface area (Å²) in [4.78, 5) is 0. The molecule has 0 atom stereocenters. The molecule has 0 radical (unpaired) electrons. The van der Waals surface area contributed by atoms with Crippen molar-refractivity contribution in [2.75, 3.05) is 5.32 Å². The van der Waals surface area contributed by atoms with Gasteiger partial charge in [0.25, 0.3) is 0 Å². The lowest BCUT2D eigenvalue weighted by Crippen LogP contribution is -2.11. The van der Waals surface area contributed by atoms with E-state index in [0.717, 1.165) is 18.3 Å². The van der Waals surface area contributed by atoms with E-state index in [1.807, 2.05) is 0 Å². The van der Waals surface area contributed by atoms with E-state index in [4.69, 9.17) is 5.26 Å². The van der Waals surface area contributed by atoms with Crippen LogP contribution in [0.4, 0.5) is 23.2 Å². The zero-order valence-electron chi connectivity index (χ0n) is 10.4. The Morgan fingerprint density at radius 1 is 1.41 bits per heavy atom. The highest BCUT2D eigenvalue weighted by Crippen LogP contribution is 2.39. The van der Waals surface area contributed by atoms with Crippen molar-refractivity contribution in [3.8, 4) is 6.07 Å². The van der Waals surface area contributed by atoms with Crippen molar-refractivity contribution in [3.63, 3.8) is 0 Å². The topological polar surface area (TPSA) is 90.3 Å². The van der Waals surface area contributed by atoms with Gasteiger partial charge in [-0.1, -0.05) is 15.9 Å². The van der Waals surface area contributed by atoms with Gasteiger partial charge in [0, 0.05) is 10.7 Å². The van der Waals surface area contributed by atoms with Crippen molar-refractivity contribution in [3.05, 3.63) is 40.0 Å². The van der Waals surface area contributed by atoms with Crippen LogP contribution >= 0.6 is 15.9 Å². The van der Waals surface area contributed by atoms with Crippen LogP contribution in [0.15, 0.2) is 22.8 Å². The third-order valence-electron chi connectivity index (χ3n) is 2.45. The molecule has 0 amide bonds. The number of anilines is 1. The summed E-state index contributed by atoms with van der Waals surface area (Å²) < 4.78 is 51.9. The van der Waals surface area contributed by atoms with E-state index in [1.54, 1.807) is 6.07 Å². The van der Waals surface area contributed by atoms with Crippen LogP contribution in [0.5, 0.6) is 0 Å². The summed E-state index contributed by atoms with van der Waals surface area (Å²) in [7, 11) is 0. The van der Waals surface area contributed by atoms with Gasteiger partial charge in [-0.2, -0.15) is 23.6 Å². The monoisotopic (exact) mass is 376 g/mol. The number of halogens is 5. The van der Waals surface area contributed by atoms with Crippen LogP contribution in [0.1, 0.15) is 11.4 Å². The Morgan fingerprint density at radius 2 is 2.14 bits per heavy atom. The molecule has 0 aliphatic rings. The molecule has 11 heteroatoms. The van der Waals surface area contributed by atoms with Crippen LogP contribution < -0.4 is 5.32 Å². The van der Waals surface area contributed by atoms with Gasteiger partial charge in [-0.25, -0.2) is 4.39 Å². The molecule has 2 aromatic rings. The summed E-state index contributed by atoms with van der Waals surface area (Å²) in [6, 6.07) is 3.85. The Labute approximate surface area is 129 Å². The van der Waals surface area contributed by atoms with Crippen molar-refractivity contribution in [1.29, 1.82) is 5.26 Å². The van der Waals surface area contributed by atoms with Crippen molar-refractivity contribution >= 4 is 27.2 Å². The smallest absolute Gasteiger partial charge is 0.358 e. The maximum atomic E-state index is 14.0. The van der Waals surface area contributed by atoms with Gasteiger partial charge in [0.15, 0.2) is 5.82 Å². The number of aromatic nitrogens is 4. The number of alkyl halides is 3. The van der Waals surface area contributed by atoms with Gasteiger partial charge in [0.05, 0.1) is 5.69 Å². The molecule has 2 N–H and O–H groups in total. The van der Waals surface area contributed by atoms with Crippen LogP contribution in [-0.2, 0) is 6.18 Å². The summed E-state index contributed by atoms with van der Waals surface area (Å²) in [5.41, 5.74) is -2.03. The SMILES string of the molecule is N#CC(=CNc1ccc(Br)c(C(F)(F)F)c1F)c1nn[nH]n1. The van der Waals surface area contributed by atoms with E-state index in [0.29, 0.717) is 0 Å². The Bertz CT molecular complexity index is 747. The van der Waals surface area contributed by atoms with Crippen LogP contribution in [0, 0.1) is 17.1 Å². The standard InChI is InChI=1S/C11H5BrF4N6/c12-6-1-2-7(9(13)8(6)11(14,15)16)18-4-5(3-17)10-19-21-22-20-10/h1-2,4,18H,(H,19,20,21,22). The van der Waals surface area contributed by atoms with Crippen LogP contribution in [0.2, 0.25) is 0 Å². The molecule has 0 bridgehead atoms. The predicted molar refractivity (Wildman–Crippen MR) is 70.5 cm³/mol. The molecule has 0 aliphatic heterocycles. The molecule has 2 rings (SSSR count). The quantitative estimate of drug-likeness (QED) is 0.634. The van der Waals surface area contributed by atoms with Gasteiger partial charge in [0.2, 0.25) is 5.82 Å². The third kappa shape index (κ3) is 3.22.